The van der Waals surface area contributed by atoms with E-state index in [1.807, 2.05) is 23.2 Å². The molecule has 31 heavy (non-hydrogen) atoms. The third-order valence-corrected chi connectivity index (χ3v) is 6.31. The van der Waals surface area contributed by atoms with E-state index in [1.54, 1.807) is 25.3 Å². The van der Waals surface area contributed by atoms with Crippen LogP contribution < -0.4 is 4.74 Å². The van der Waals surface area contributed by atoms with Crippen molar-refractivity contribution in [2.75, 3.05) is 13.7 Å². The van der Waals surface area contributed by atoms with Gasteiger partial charge in [0.1, 0.15) is 17.1 Å². The number of hydrogen-bond acceptors (Lipinski definition) is 4. The number of benzene rings is 1. The van der Waals surface area contributed by atoms with Crippen LogP contribution in [-0.2, 0) is 6.54 Å². The molecule has 2 heterocycles. The standard InChI is InChI=1S/C24H29ClN4O2/c1-3-4-14-28(24(30)17-11-12-21(31-2)19(25)15-17)16-22-27-20-10-7-13-26-23(20)29(22)18-8-5-6-9-18/h7,10-13,15,18H,3-6,8-9,14,16H2,1-2H3. The highest BCUT2D eigenvalue weighted by molar-refractivity contribution is 6.32. The summed E-state index contributed by atoms with van der Waals surface area (Å²) >= 11 is 6.29. The van der Waals surface area contributed by atoms with Crippen LogP contribution in [0.3, 0.4) is 0 Å². The van der Waals surface area contributed by atoms with E-state index in [9.17, 15) is 4.79 Å². The molecule has 1 aliphatic carbocycles. The highest BCUT2D eigenvalue weighted by atomic mass is 35.5. The monoisotopic (exact) mass is 440 g/mol. The van der Waals surface area contributed by atoms with Crippen LogP contribution in [0.25, 0.3) is 11.2 Å². The lowest BCUT2D eigenvalue weighted by Crippen LogP contribution is -2.33. The molecule has 4 rings (SSSR count). The summed E-state index contributed by atoms with van der Waals surface area (Å²) in [7, 11) is 1.57. The summed E-state index contributed by atoms with van der Waals surface area (Å²) < 4.78 is 7.50. The van der Waals surface area contributed by atoms with Crippen molar-refractivity contribution < 1.29 is 9.53 Å². The highest BCUT2D eigenvalue weighted by Crippen LogP contribution is 2.33. The molecule has 0 unspecified atom stereocenters. The summed E-state index contributed by atoms with van der Waals surface area (Å²) in [5.74, 6) is 1.42. The van der Waals surface area contributed by atoms with Crippen LogP contribution in [0.4, 0.5) is 0 Å². The van der Waals surface area contributed by atoms with E-state index in [0.717, 1.165) is 42.7 Å². The van der Waals surface area contributed by atoms with Crippen LogP contribution in [0.5, 0.6) is 5.75 Å². The van der Waals surface area contributed by atoms with E-state index in [1.165, 1.54) is 12.8 Å². The topological polar surface area (TPSA) is 60.2 Å². The van der Waals surface area contributed by atoms with Crippen LogP contribution in [0.15, 0.2) is 36.5 Å². The SMILES string of the molecule is CCCCN(Cc1nc2cccnc2n1C1CCCC1)C(=O)c1ccc(OC)c(Cl)c1. The van der Waals surface area contributed by atoms with Gasteiger partial charge in [0, 0.05) is 24.3 Å². The predicted molar refractivity (Wildman–Crippen MR) is 123 cm³/mol. The molecule has 3 aromatic rings. The summed E-state index contributed by atoms with van der Waals surface area (Å²) in [6, 6.07) is 9.51. The molecule has 1 amide bonds. The van der Waals surface area contributed by atoms with Gasteiger partial charge in [0.15, 0.2) is 5.65 Å². The molecular weight excluding hydrogens is 412 g/mol. The first-order valence-electron chi connectivity index (χ1n) is 11.1. The van der Waals surface area contributed by atoms with Gasteiger partial charge in [-0.25, -0.2) is 9.97 Å². The molecular formula is C24H29ClN4O2. The Kier molecular flexibility index (Phi) is 6.76. The summed E-state index contributed by atoms with van der Waals surface area (Å²) in [4.78, 5) is 24.8. The van der Waals surface area contributed by atoms with Gasteiger partial charge in [0.2, 0.25) is 0 Å². The normalized spacial score (nSPS) is 14.3. The second-order valence-electron chi connectivity index (χ2n) is 8.11. The van der Waals surface area contributed by atoms with Crippen LogP contribution in [-0.4, -0.2) is 39.0 Å². The molecule has 164 valence electrons. The predicted octanol–water partition coefficient (Wildman–Crippen LogP) is 5.65. The van der Waals surface area contributed by atoms with Gasteiger partial charge < -0.3 is 14.2 Å². The van der Waals surface area contributed by atoms with Gasteiger partial charge in [-0.15, -0.1) is 0 Å². The molecule has 0 bridgehead atoms. The highest BCUT2D eigenvalue weighted by Gasteiger charge is 2.26. The molecule has 1 aromatic carbocycles. The second-order valence-corrected chi connectivity index (χ2v) is 8.52. The maximum absolute atomic E-state index is 13.4. The Hall–Kier alpha value is -2.60. The van der Waals surface area contributed by atoms with E-state index in [2.05, 4.69) is 16.5 Å². The summed E-state index contributed by atoms with van der Waals surface area (Å²) in [6.07, 6.45) is 8.46. The number of imidazole rings is 1. The largest absolute Gasteiger partial charge is 0.495 e. The Morgan fingerprint density at radius 1 is 1.29 bits per heavy atom. The average molecular weight is 441 g/mol. The Bertz CT molecular complexity index is 1060. The fourth-order valence-electron chi connectivity index (χ4n) is 4.39. The molecule has 1 fully saturated rings. The molecule has 1 saturated carbocycles. The maximum Gasteiger partial charge on any atom is 0.254 e. The van der Waals surface area contributed by atoms with Gasteiger partial charge in [-0.05, 0) is 49.6 Å². The van der Waals surface area contributed by atoms with Gasteiger partial charge >= 0.3 is 0 Å². The smallest absolute Gasteiger partial charge is 0.254 e. The van der Waals surface area contributed by atoms with Crippen LogP contribution in [0.2, 0.25) is 5.02 Å². The molecule has 0 spiro atoms. The number of nitrogens with zero attached hydrogens (tertiary/aromatic N) is 4. The Balaban J connectivity index is 1.68. The van der Waals surface area contributed by atoms with Crippen molar-refractivity contribution in [1.82, 2.24) is 19.4 Å². The first-order valence-corrected chi connectivity index (χ1v) is 11.4. The quantitative estimate of drug-likeness (QED) is 0.454. The number of carbonyl (C=O) groups excluding carboxylic acids is 1. The third-order valence-electron chi connectivity index (χ3n) is 6.01. The molecule has 0 saturated heterocycles. The van der Waals surface area contributed by atoms with Crippen molar-refractivity contribution in [3.8, 4) is 5.75 Å². The van der Waals surface area contributed by atoms with E-state index in [0.29, 0.717) is 35.5 Å². The van der Waals surface area contributed by atoms with E-state index in [-0.39, 0.29) is 5.91 Å². The van der Waals surface area contributed by atoms with Gasteiger partial charge in [0.05, 0.1) is 18.7 Å². The van der Waals surface area contributed by atoms with E-state index in [4.69, 9.17) is 21.3 Å². The molecule has 0 radical (unpaired) electrons. The second kappa shape index (κ2) is 9.69. The molecule has 0 atom stereocenters. The number of unbranched alkanes of at least 4 members (excludes halogenated alkanes) is 1. The molecule has 7 heteroatoms. The summed E-state index contributed by atoms with van der Waals surface area (Å²) in [6.45, 7) is 3.25. The molecule has 0 N–H and O–H groups in total. The van der Waals surface area contributed by atoms with Crippen molar-refractivity contribution in [3.05, 3.63) is 52.9 Å². The lowest BCUT2D eigenvalue weighted by molar-refractivity contribution is 0.0734. The minimum absolute atomic E-state index is 0.0454. The zero-order chi connectivity index (χ0) is 21.8. The van der Waals surface area contributed by atoms with Crippen molar-refractivity contribution in [1.29, 1.82) is 0 Å². The number of hydrogen-bond donors (Lipinski definition) is 0. The molecule has 1 aliphatic rings. The lowest BCUT2D eigenvalue weighted by Gasteiger charge is -2.24. The van der Waals surface area contributed by atoms with Crippen LogP contribution in [0, 0.1) is 0 Å². The number of pyridine rings is 1. The number of carbonyl (C=O) groups is 1. The number of amides is 1. The van der Waals surface area contributed by atoms with Crippen LogP contribution in [0.1, 0.15) is 67.7 Å². The Morgan fingerprint density at radius 3 is 2.81 bits per heavy atom. The number of fused-ring (bicyclic) bond motifs is 1. The number of rotatable bonds is 8. The number of aromatic nitrogens is 3. The first kappa shape index (κ1) is 21.6. The van der Waals surface area contributed by atoms with Crippen LogP contribution >= 0.6 is 11.6 Å². The fourth-order valence-corrected chi connectivity index (χ4v) is 4.65. The first-order chi connectivity index (χ1) is 15.1. The fraction of sp³-hybridized carbons (Fsp3) is 0.458. The minimum atomic E-state index is -0.0454. The maximum atomic E-state index is 13.4. The molecule has 6 nitrogen and oxygen atoms in total. The zero-order valence-corrected chi connectivity index (χ0v) is 18.9. The summed E-state index contributed by atoms with van der Waals surface area (Å²) in [5.41, 5.74) is 2.36. The van der Waals surface area contributed by atoms with E-state index < -0.39 is 0 Å². The molecule has 2 aromatic heterocycles. The van der Waals surface area contributed by atoms with Gasteiger partial charge in [-0.1, -0.05) is 37.8 Å². The van der Waals surface area contributed by atoms with Crippen molar-refractivity contribution in [3.63, 3.8) is 0 Å². The Labute approximate surface area is 188 Å². The van der Waals surface area contributed by atoms with Gasteiger partial charge in [-0.3, -0.25) is 4.79 Å². The average Bonchev–Trinajstić information content (AvgIpc) is 3.43. The van der Waals surface area contributed by atoms with E-state index >= 15 is 0 Å². The molecule has 0 aliphatic heterocycles. The number of ether oxygens (including phenoxy) is 1. The number of halogens is 1. The van der Waals surface area contributed by atoms with Crippen molar-refractivity contribution in [2.24, 2.45) is 0 Å². The Morgan fingerprint density at radius 2 is 2.10 bits per heavy atom. The van der Waals surface area contributed by atoms with Crippen molar-refractivity contribution >= 4 is 28.7 Å². The van der Waals surface area contributed by atoms with Gasteiger partial charge in [0.25, 0.3) is 5.91 Å². The minimum Gasteiger partial charge on any atom is -0.495 e. The zero-order valence-electron chi connectivity index (χ0n) is 18.2. The third kappa shape index (κ3) is 4.54. The van der Waals surface area contributed by atoms with Crippen molar-refractivity contribution in [2.45, 2.75) is 58.0 Å². The summed E-state index contributed by atoms with van der Waals surface area (Å²) in [5, 5.41) is 0.436. The lowest BCUT2D eigenvalue weighted by atomic mass is 10.1. The number of methoxy groups -OCH3 is 1. The van der Waals surface area contributed by atoms with Gasteiger partial charge in [-0.2, -0.15) is 0 Å².